The fraction of sp³-hybridized carbons (Fsp3) is 0.438. The molecule has 0 spiro atoms. The van der Waals surface area contributed by atoms with E-state index in [0.29, 0.717) is 37.4 Å². The van der Waals surface area contributed by atoms with Crippen molar-refractivity contribution < 1.29 is 14.7 Å². The molecule has 9 nitrogen and oxygen atoms in total. The number of amides is 1. The molecular weight excluding hydrogens is 324 g/mol. The Kier molecular flexibility index (Phi) is 4.39. The van der Waals surface area contributed by atoms with Gasteiger partial charge in [-0.2, -0.15) is 5.10 Å². The number of aliphatic carboxylic acids is 1. The van der Waals surface area contributed by atoms with Crippen LogP contribution in [0.3, 0.4) is 0 Å². The first-order chi connectivity index (χ1) is 12.0. The van der Waals surface area contributed by atoms with Crippen molar-refractivity contribution in [2.45, 2.75) is 25.3 Å². The Hall–Kier alpha value is -2.97. The number of aromatic nitrogens is 4. The minimum absolute atomic E-state index is 0.196. The third-order valence-corrected chi connectivity index (χ3v) is 4.55. The fourth-order valence-electron chi connectivity index (χ4n) is 3.02. The number of rotatable bonds is 4. The average molecular weight is 344 g/mol. The van der Waals surface area contributed by atoms with Gasteiger partial charge in [0.25, 0.3) is 5.91 Å². The normalized spacial score (nSPS) is 16.5. The number of anilines is 1. The largest absolute Gasteiger partial charge is 0.479 e. The molecule has 3 heterocycles. The topological polar surface area (TPSA) is 113 Å². The highest BCUT2D eigenvalue weighted by atomic mass is 16.4. The minimum atomic E-state index is -1.11. The summed E-state index contributed by atoms with van der Waals surface area (Å²) in [5.74, 6) is -0.683. The van der Waals surface area contributed by atoms with Crippen molar-refractivity contribution in [1.82, 2.24) is 24.6 Å². The highest BCUT2D eigenvalue weighted by Crippen LogP contribution is 2.31. The standard InChI is InChI=1S/C16H20N6O3/c1-11-7-20-22(10-11)16(14(24)25)3-5-21(6-4-16)13(23)12-8-18-15(17-2)19-9-12/h7-10H,3-6H2,1-2H3,(H,24,25)(H,17,18,19). The van der Waals surface area contributed by atoms with E-state index in [0.717, 1.165) is 5.56 Å². The van der Waals surface area contributed by atoms with Gasteiger partial charge in [-0.15, -0.1) is 0 Å². The molecule has 0 saturated carbocycles. The maximum atomic E-state index is 12.6. The lowest BCUT2D eigenvalue weighted by atomic mass is 9.87. The SMILES string of the molecule is CNc1ncc(C(=O)N2CCC(C(=O)O)(n3cc(C)cn3)CC2)cn1. The Bertz CT molecular complexity index is 777. The molecule has 3 rings (SSSR count). The van der Waals surface area contributed by atoms with Gasteiger partial charge in [0.05, 0.1) is 11.8 Å². The van der Waals surface area contributed by atoms with Crippen LogP contribution < -0.4 is 5.32 Å². The van der Waals surface area contributed by atoms with Crippen LogP contribution in [0.25, 0.3) is 0 Å². The van der Waals surface area contributed by atoms with E-state index in [1.807, 2.05) is 6.92 Å². The first-order valence-electron chi connectivity index (χ1n) is 8.00. The summed E-state index contributed by atoms with van der Waals surface area (Å²) in [6, 6.07) is 0. The number of carboxylic acid groups (broad SMARTS) is 1. The number of piperidine rings is 1. The highest BCUT2D eigenvalue weighted by Gasteiger charge is 2.45. The van der Waals surface area contributed by atoms with E-state index in [9.17, 15) is 14.7 Å². The van der Waals surface area contributed by atoms with Crippen molar-refractivity contribution in [2.24, 2.45) is 0 Å². The summed E-state index contributed by atoms with van der Waals surface area (Å²) >= 11 is 0. The summed E-state index contributed by atoms with van der Waals surface area (Å²) in [5.41, 5.74) is 0.176. The summed E-state index contributed by atoms with van der Waals surface area (Å²) in [6.45, 7) is 2.53. The highest BCUT2D eigenvalue weighted by molar-refractivity contribution is 5.94. The van der Waals surface area contributed by atoms with E-state index < -0.39 is 11.5 Å². The predicted molar refractivity (Wildman–Crippen MR) is 89.3 cm³/mol. The zero-order valence-electron chi connectivity index (χ0n) is 14.1. The van der Waals surface area contributed by atoms with Crippen molar-refractivity contribution in [3.05, 3.63) is 35.9 Å². The summed E-state index contributed by atoms with van der Waals surface area (Å²) in [7, 11) is 1.70. The quantitative estimate of drug-likeness (QED) is 0.841. The van der Waals surface area contributed by atoms with E-state index in [1.165, 1.54) is 17.1 Å². The lowest BCUT2D eigenvalue weighted by molar-refractivity contribution is -0.150. The summed E-state index contributed by atoms with van der Waals surface area (Å²) in [4.78, 5) is 34.2. The monoisotopic (exact) mass is 344 g/mol. The van der Waals surface area contributed by atoms with E-state index in [1.54, 1.807) is 24.3 Å². The number of nitrogens with one attached hydrogen (secondary N) is 1. The van der Waals surface area contributed by atoms with E-state index in [4.69, 9.17) is 0 Å². The molecule has 9 heteroatoms. The molecule has 0 aromatic carbocycles. The molecule has 1 saturated heterocycles. The molecule has 25 heavy (non-hydrogen) atoms. The maximum Gasteiger partial charge on any atom is 0.331 e. The second-order valence-corrected chi connectivity index (χ2v) is 6.14. The summed E-state index contributed by atoms with van der Waals surface area (Å²) < 4.78 is 1.51. The Morgan fingerprint density at radius 1 is 1.20 bits per heavy atom. The van der Waals surface area contributed by atoms with Crippen LogP contribution in [0.15, 0.2) is 24.8 Å². The molecule has 1 amide bonds. The van der Waals surface area contributed by atoms with Gasteiger partial charge in [-0.05, 0) is 12.5 Å². The molecule has 2 aromatic heterocycles. The molecule has 1 fully saturated rings. The van der Waals surface area contributed by atoms with Gasteiger partial charge in [0, 0.05) is 51.6 Å². The number of carbonyl (C=O) groups excluding carboxylic acids is 1. The summed E-state index contributed by atoms with van der Waals surface area (Å²) in [6.07, 6.45) is 6.91. The predicted octanol–water partition coefficient (Wildman–Crippen LogP) is 0.739. The number of hydrogen-bond acceptors (Lipinski definition) is 6. The third-order valence-electron chi connectivity index (χ3n) is 4.55. The zero-order valence-corrected chi connectivity index (χ0v) is 14.1. The second-order valence-electron chi connectivity index (χ2n) is 6.14. The van der Waals surface area contributed by atoms with Crippen LogP contribution in [0.1, 0.15) is 28.8 Å². The van der Waals surface area contributed by atoms with Crippen LogP contribution in [0.5, 0.6) is 0 Å². The molecule has 0 atom stereocenters. The molecule has 2 aromatic rings. The number of carbonyl (C=O) groups is 2. The van der Waals surface area contributed by atoms with Gasteiger partial charge in [-0.25, -0.2) is 14.8 Å². The Morgan fingerprint density at radius 3 is 2.32 bits per heavy atom. The Labute approximate surface area is 144 Å². The van der Waals surface area contributed by atoms with Gasteiger partial charge in [-0.1, -0.05) is 0 Å². The minimum Gasteiger partial charge on any atom is -0.479 e. The van der Waals surface area contributed by atoms with Gasteiger partial charge in [0.15, 0.2) is 5.54 Å². The van der Waals surface area contributed by atoms with Crippen LogP contribution in [0, 0.1) is 6.92 Å². The average Bonchev–Trinajstić information content (AvgIpc) is 3.08. The number of aryl methyl sites for hydroxylation is 1. The van der Waals surface area contributed by atoms with Crippen LogP contribution in [0.2, 0.25) is 0 Å². The van der Waals surface area contributed by atoms with Crippen molar-refractivity contribution in [2.75, 3.05) is 25.5 Å². The van der Waals surface area contributed by atoms with Crippen LogP contribution in [-0.2, 0) is 10.3 Å². The lowest BCUT2D eigenvalue weighted by Gasteiger charge is -2.38. The second kappa shape index (κ2) is 6.50. The van der Waals surface area contributed by atoms with E-state index in [-0.39, 0.29) is 5.91 Å². The smallest absolute Gasteiger partial charge is 0.331 e. The maximum absolute atomic E-state index is 12.6. The van der Waals surface area contributed by atoms with Gasteiger partial charge < -0.3 is 15.3 Å². The van der Waals surface area contributed by atoms with E-state index >= 15 is 0 Å². The molecule has 2 N–H and O–H groups in total. The first kappa shape index (κ1) is 16.9. The van der Waals surface area contributed by atoms with Crippen LogP contribution in [-0.4, -0.2) is 61.8 Å². The van der Waals surface area contributed by atoms with Crippen molar-refractivity contribution in [3.63, 3.8) is 0 Å². The molecule has 1 aliphatic heterocycles. The number of carboxylic acids is 1. The Morgan fingerprint density at radius 2 is 1.84 bits per heavy atom. The van der Waals surface area contributed by atoms with Gasteiger partial charge in [-0.3, -0.25) is 9.48 Å². The molecule has 1 aliphatic rings. The van der Waals surface area contributed by atoms with Crippen molar-refractivity contribution in [1.29, 1.82) is 0 Å². The molecule has 0 bridgehead atoms. The number of hydrogen-bond donors (Lipinski definition) is 2. The van der Waals surface area contributed by atoms with E-state index in [2.05, 4.69) is 20.4 Å². The fourth-order valence-corrected chi connectivity index (χ4v) is 3.02. The van der Waals surface area contributed by atoms with Gasteiger partial charge >= 0.3 is 5.97 Å². The van der Waals surface area contributed by atoms with Crippen molar-refractivity contribution >= 4 is 17.8 Å². The van der Waals surface area contributed by atoms with Gasteiger partial charge in [0.1, 0.15) is 0 Å². The van der Waals surface area contributed by atoms with Crippen LogP contribution >= 0.6 is 0 Å². The molecule has 0 unspecified atom stereocenters. The van der Waals surface area contributed by atoms with Crippen molar-refractivity contribution in [3.8, 4) is 0 Å². The first-order valence-corrected chi connectivity index (χ1v) is 8.00. The Balaban J connectivity index is 1.75. The van der Waals surface area contributed by atoms with Crippen LogP contribution in [0.4, 0.5) is 5.95 Å². The third kappa shape index (κ3) is 3.04. The molecule has 0 radical (unpaired) electrons. The van der Waals surface area contributed by atoms with Gasteiger partial charge in [0.2, 0.25) is 5.95 Å². The molecule has 0 aliphatic carbocycles. The lowest BCUT2D eigenvalue weighted by Crippen LogP contribution is -2.52. The summed E-state index contributed by atoms with van der Waals surface area (Å²) in [5, 5.41) is 16.7. The zero-order chi connectivity index (χ0) is 18.0. The molecular formula is C16H20N6O3. The number of likely N-dealkylation sites (tertiary alicyclic amines) is 1. The number of nitrogens with zero attached hydrogens (tertiary/aromatic N) is 5. The molecule has 132 valence electrons.